The molecule has 29 heavy (non-hydrogen) atoms. The molecule has 5 aromatic rings. The molecular weight excluding hydrogens is 348 g/mol. The standard InChI is InChI=1S/C29H24/c1-19-14-15-24-25(16-19)29(23-12-8-5-9-13-23)27-18-21(3)20(2)17-26(27)28(24)22-10-6-4-7-11-22/h4-18H,1-3H3. The van der Waals surface area contributed by atoms with Gasteiger partial charge < -0.3 is 0 Å². The second kappa shape index (κ2) is 6.90. The molecule has 0 nitrogen and oxygen atoms in total. The van der Waals surface area contributed by atoms with Crippen molar-refractivity contribution in [3.63, 3.8) is 0 Å². The molecule has 140 valence electrons. The van der Waals surface area contributed by atoms with Gasteiger partial charge in [0.15, 0.2) is 0 Å². The van der Waals surface area contributed by atoms with Crippen molar-refractivity contribution in [3.8, 4) is 22.3 Å². The van der Waals surface area contributed by atoms with Gasteiger partial charge in [0.05, 0.1) is 0 Å². The molecule has 0 aromatic heterocycles. The zero-order valence-corrected chi connectivity index (χ0v) is 17.2. The molecule has 0 radical (unpaired) electrons. The Kier molecular flexibility index (Phi) is 4.21. The first kappa shape index (κ1) is 17.7. The molecule has 0 amide bonds. The molecule has 0 saturated carbocycles. The molecule has 0 heterocycles. The van der Waals surface area contributed by atoms with Gasteiger partial charge in [-0.15, -0.1) is 0 Å². The zero-order valence-electron chi connectivity index (χ0n) is 17.2. The molecular formula is C29H24. The van der Waals surface area contributed by atoms with E-state index < -0.39 is 0 Å². The fourth-order valence-corrected chi connectivity index (χ4v) is 4.43. The van der Waals surface area contributed by atoms with Gasteiger partial charge in [-0.05, 0) is 75.7 Å². The van der Waals surface area contributed by atoms with Crippen LogP contribution >= 0.6 is 0 Å². The second-order valence-electron chi connectivity index (χ2n) is 8.01. The lowest BCUT2D eigenvalue weighted by molar-refractivity contribution is 1.37. The highest BCUT2D eigenvalue weighted by atomic mass is 14.2. The summed E-state index contributed by atoms with van der Waals surface area (Å²) >= 11 is 0. The number of aryl methyl sites for hydroxylation is 3. The predicted octanol–water partition coefficient (Wildman–Crippen LogP) is 8.25. The Bertz CT molecular complexity index is 1340. The Balaban J connectivity index is 2.07. The van der Waals surface area contributed by atoms with Crippen LogP contribution in [0, 0.1) is 20.8 Å². The average molecular weight is 373 g/mol. The fourth-order valence-electron chi connectivity index (χ4n) is 4.43. The highest BCUT2D eigenvalue weighted by molar-refractivity contribution is 6.21. The van der Waals surface area contributed by atoms with Crippen molar-refractivity contribution in [1.82, 2.24) is 0 Å². The van der Waals surface area contributed by atoms with Gasteiger partial charge in [0.25, 0.3) is 0 Å². The third-order valence-corrected chi connectivity index (χ3v) is 6.01. The van der Waals surface area contributed by atoms with Crippen LogP contribution in [0.25, 0.3) is 43.8 Å². The lowest BCUT2D eigenvalue weighted by Crippen LogP contribution is -1.93. The van der Waals surface area contributed by atoms with Crippen LogP contribution in [-0.4, -0.2) is 0 Å². The van der Waals surface area contributed by atoms with Crippen molar-refractivity contribution in [3.05, 3.63) is 108 Å². The summed E-state index contributed by atoms with van der Waals surface area (Å²) in [6.45, 7) is 6.61. The summed E-state index contributed by atoms with van der Waals surface area (Å²) in [5.41, 5.74) is 9.17. The van der Waals surface area contributed by atoms with Crippen LogP contribution < -0.4 is 0 Å². The van der Waals surface area contributed by atoms with E-state index in [1.54, 1.807) is 0 Å². The first-order valence-electron chi connectivity index (χ1n) is 10.2. The quantitative estimate of drug-likeness (QED) is 0.274. The number of hydrogen-bond donors (Lipinski definition) is 0. The van der Waals surface area contributed by atoms with Gasteiger partial charge in [0.2, 0.25) is 0 Å². The molecule has 0 spiro atoms. The Morgan fingerprint density at radius 3 is 1.38 bits per heavy atom. The van der Waals surface area contributed by atoms with Crippen molar-refractivity contribution in [2.24, 2.45) is 0 Å². The van der Waals surface area contributed by atoms with Gasteiger partial charge in [0.1, 0.15) is 0 Å². The SMILES string of the molecule is Cc1ccc2c(-c3ccccc3)c3cc(C)c(C)cc3c(-c3ccccc3)c2c1. The van der Waals surface area contributed by atoms with Crippen LogP contribution in [0.5, 0.6) is 0 Å². The van der Waals surface area contributed by atoms with Crippen molar-refractivity contribution >= 4 is 21.5 Å². The minimum atomic E-state index is 1.27. The zero-order chi connectivity index (χ0) is 20.0. The van der Waals surface area contributed by atoms with Crippen molar-refractivity contribution in [1.29, 1.82) is 0 Å². The normalized spacial score (nSPS) is 11.3. The van der Waals surface area contributed by atoms with Crippen LogP contribution in [0.3, 0.4) is 0 Å². The van der Waals surface area contributed by atoms with Gasteiger partial charge in [-0.3, -0.25) is 0 Å². The minimum Gasteiger partial charge on any atom is -0.0622 e. The van der Waals surface area contributed by atoms with E-state index in [2.05, 4.69) is 112 Å². The maximum Gasteiger partial charge on any atom is -0.00262 e. The molecule has 0 fully saturated rings. The van der Waals surface area contributed by atoms with Gasteiger partial charge in [-0.25, -0.2) is 0 Å². The fraction of sp³-hybridized carbons (Fsp3) is 0.103. The molecule has 0 heteroatoms. The Morgan fingerprint density at radius 2 is 0.862 bits per heavy atom. The van der Waals surface area contributed by atoms with E-state index in [1.807, 2.05) is 0 Å². The molecule has 0 unspecified atom stereocenters. The van der Waals surface area contributed by atoms with E-state index in [0.29, 0.717) is 0 Å². The highest BCUT2D eigenvalue weighted by Gasteiger charge is 2.17. The molecule has 0 aliphatic carbocycles. The molecule has 5 aromatic carbocycles. The molecule has 5 rings (SSSR count). The van der Waals surface area contributed by atoms with E-state index in [1.165, 1.54) is 60.5 Å². The van der Waals surface area contributed by atoms with Crippen molar-refractivity contribution in [2.75, 3.05) is 0 Å². The maximum atomic E-state index is 2.38. The topological polar surface area (TPSA) is 0 Å². The lowest BCUT2D eigenvalue weighted by Gasteiger charge is -2.19. The van der Waals surface area contributed by atoms with E-state index in [4.69, 9.17) is 0 Å². The summed E-state index contributed by atoms with van der Waals surface area (Å²) in [5.74, 6) is 0. The molecule has 0 aliphatic heterocycles. The number of benzene rings is 5. The van der Waals surface area contributed by atoms with Crippen LogP contribution in [0.4, 0.5) is 0 Å². The van der Waals surface area contributed by atoms with E-state index >= 15 is 0 Å². The highest BCUT2D eigenvalue weighted by Crippen LogP contribution is 2.44. The summed E-state index contributed by atoms with van der Waals surface area (Å²) in [7, 11) is 0. The van der Waals surface area contributed by atoms with E-state index in [9.17, 15) is 0 Å². The molecule has 0 atom stereocenters. The summed E-state index contributed by atoms with van der Waals surface area (Å²) in [6.07, 6.45) is 0. The van der Waals surface area contributed by atoms with E-state index in [0.717, 1.165) is 0 Å². The van der Waals surface area contributed by atoms with Gasteiger partial charge in [0, 0.05) is 0 Å². The molecule has 0 N–H and O–H groups in total. The number of hydrogen-bond acceptors (Lipinski definition) is 0. The van der Waals surface area contributed by atoms with Crippen LogP contribution in [0.2, 0.25) is 0 Å². The summed E-state index contributed by atoms with van der Waals surface area (Å²) < 4.78 is 0. The largest absolute Gasteiger partial charge is 0.0622 e. The first-order valence-corrected chi connectivity index (χ1v) is 10.2. The number of fused-ring (bicyclic) bond motifs is 2. The minimum absolute atomic E-state index is 1.27. The lowest BCUT2D eigenvalue weighted by atomic mass is 9.84. The van der Waals surface area contributed by atoms with Crippen molar-refractivity contribution < 1.29 is 0 Å². The van der Waals surface area contributed by atoms with Gasteiger partial charge in [-0.1, -0.05) is 96.6 Å². The Labute approximate surface area is 172 Å². The average Bonchev–Trinajstić information content (AvgIpc) is 2.74. The summed E-state index contributed by atoms with van der Waals surface area (Å²) in [6, 6.07) is 33.3. The van der Waals surface area contributed by atoms with Crippen molar-refractivity contribution in [2.45, 2.75) is 20.8 Å². The maximum absolute atomic E-state index is 2.38. The molecule has 0 aliphatic rings. The monoisotopic (exact) mass is 372 g/mol. The summed E-state index contributed by atoms with van der Waals surface area (Å²) in [5, 5.41) is 5.30. The smallest absolute Gasteiger partial charge is 0.00262 e. The predicted molar refractivity (Wildman–Crippen MR) is 127 cm³/mol. The van der Waals surface area contributed by atoms with Crippen LogP contribution in [-0.2, 0) is 0 Å². The second-order valence-corrected chi connectivity index (χ2v) is 8.01. The molecule has 0 bridgehead atoms. The van der Waals surface area contributed by atoms with Gasteiger partial charge >= 0.3 is 0 Å². The first-order chi connectivity index (χ1) is 14.1. The van der Waals surface area contributed by atoms with Crippen LogP contribution in [0.15, 0.2) is 91.0 Å². The Morgan fingerprint density at radius 1 is 0.414 bits per heavy atom. The van der Waals surface area contributed by atoms with E-state index in [-0.39, 0.29) is 0 Å². The van der Waals surface area contributed by atoms with Crippen LogP contribution in [0.1, 0.15) is 16.7 Å². The molecule has 0 saturated heterocycles. The summed E-state index contributed by atoms with van der Waals surface area (Å²) in [4.78, 5) is 0. The third kappa shape index (κ3) is 2.93. The third-order valence-electron chi connectivity index (χ3n) is 6.01. The Hall–Kier alpha value is -3.38. The number of rotatable bonds is 2. The van der Waals surface area contributed by atoms with Gasteiger partial charge in [-0.2, -0.15) is 0 Å².